The first-order valence-corrected chi connectivity index (χ1v) is 6.65. The second-order valence-corrected chi connectivity index (χ2v) is 4.56. The highest BCUT2D eigenvalue weighted by Gasteiger charge is 2.08. The molecule has 0 aliphatic rings. The minimum atomic E-state index is 0.893. The van der Waals surface area contributed by atoms with Crippen LogP contribution in [0.15, 0.2) is 6.33 Å². The number of nitrogens with one attached hydrogen (secondary N) is 2. The summed E-state index contributed by atoms with van der Waals surface area (Å²) < 4.78 is 0. The topological polar surface area (TPSA) is 53.1 Å². The van der Waals surface area contributed by atoms with Gasteiger partial charge in [-0.15, -0.1) is 0 Å². The van der Waals surface area contributed by atoms with Gasteiger partial charge in [0.15, 0.2) is 0 Å². The van der Waals surface area contributed by atoms with Crippen LogP contribution >= 0.6 is 0 Å². The third-order valence-corrected chi connectivity index (χ3v) is 2.69. The molecule has 1 heterocycles. The van der Waals surface area contributed by atoms with Crippen molar-refractivity contribution in [3.8, 4) is 0 Å². The summed E-state index contributed by atoms with van der Waals surface area (Å²) in [6, 6.07) is 0. The minimum absolute atomic E-state index is 0.893. The molecule has 0 atom stereocenters. The number of nitrogens with zero attached hydrogens (tertiary/aromatic N) is 3. The maximum absolute atomic E-state index is 4.33. The van der Waals surface area contributed by atoms with Crippen molar-refractivity contribution in [3.63, 3.8) is 0 Å². The van der Waals surface area contributed by atoms with Gasteiger partial charge in [-0.2, -0.15) is 0 Å². The Morgan fingerprint density at radius 1 is 1.06 bits per heavy atom. The van der Waals surface area contributed by atoms with Crippen LogP contribution in [0.1, 0.15) is 25.8 Å². The van der Waals surface area contributed by atoms with E-state index in [9.17, 15) is 0 Å². The van der Waals surface area contributed by atoms with Crippen molar-refractivity contribution in [2.45, 2.75) is 26.7 Å². The fraction of sp³-hybridized carbons (Fsp3) is 0.692. The van der Waals surface area contributed by atoms with Crippen LogP contribution < -0.4 is 10.6 Å². The molecule has 0 radical (unpaired) electrons. The van der Waals surface area contributed by atoms with Crippen molar-refractivity contribution in [2.24, 2.45) is 0 Å². The van der Waals surface area contributed by atoms with E-state index in [2.05, 4.69) is 53.4 Å². The lowest BCUT2D eigenvalue weighted by Gasteiger charge is -2.15. The molecule has 5 nitrogen and oxygen atoms in total. The third kappa shape index (κ3) is 4.49. The van der Waals surface area contributed by atoms with Crippen LogP contribution in [0.4, 0.5) is 11.6 Å². The lowest BCUT2D eigenvalue weighted by atomic mass is 10.2. The van der Waals surface area contributed by atoms with Gasteiger partial charge in [0.2, 0.25) is 0 Å². The van der Waals surface area contributed by atoms with Crippen molar-refractivity contribution in [3.05, 3.63) is 11.9 Å². The van der Waals surface area contributed by atoms with Gasteiger partial charge in [-0.05, 0) is 26.9 Å². The first kappa shape index (κ1) is 14.7. The molecular formula is C13H25N5. The molecule has 102 valence electrons. The van der Waals surface area contributed by atoms with Crippen LogP contribution in [-0.4, -0.2) is 48.6 Å². The van der Waals surface area contributed by atoms with Crippen molar-refractivity contribution in [1.29, 1.82) is 0 Å². The third-order valence-electron chi connectivity index (χ3n) is 2.69. The van der Waals surface area contributed by atoms with Gasteiger partial charge in [0.1, 0.15) is 18.0 Å². The Labute approximate surface area is 110 Å². The highest BCUT2D eigenvalue weighted by atomic mass is 15.1. The molecule has 0 fully saturated rings. The van der Waals surface area contributed by atoms with E-state index in [0.29, 0.717) is 0 Å². The lowest BCUT2D eigenvalue weighted by Crippen LogP contribution is -2.22. The molecule has 0 bridgehead atoms. The van der Waals surface area contributed by atoms with Crippen molar-refractivity contribution < 1.29 is 0 Å². The average molecular weight is 251 g/mol. The van der Waals surface area contributed by atoms with Crippen molar-refractivity contribution in [1.82, 2.24) is 14.9 Å². The number of hydrogen-bond donors (Lipinski definition) is 2. The summed E-state index contributed by atoms with van der Waals surface area (Å²) >= 11 is 0. The Morgan fingerprint density at radius 2 is 1.67 bits per heavy atom. The average Bonchev–Trinajstić information content (AvgIpc) is 2.36. The molecule has 1 rings (SSSR count). The van der Waals surface area contributed by atoms with Crippen molar-refractivity contribution >= 4 is 11.6 Å². The molecule has 0 saturated carbocycles. The predicted molar refractivity (Wildman–Crippen MR) is 77.2 cm³/mol. The zero-order chi connectivity index (χ0) is 13.4. The lowest BCUT2D eigenvalue weighted by molar-refractivity contribution is 0.425. The smallest absolute Gasteiger partial charge is 0.134 e. The Balaban J connectivity index is 2.71. The van der Waals surface area contributed by atoms with Gasteiger partial charge in [-0.25, -0.2) is 9.97 Å². The van der Waals surface area contributed by atoms with Crippen LogP contribution in [0.5, 0.6) is 0 Å². The molecule has 1 aromatic heterocycles. The van der Waals surface area contributed by atoms with E-state index < -0.39 is 0 Å². The summed E-state index contributed by atoms with van der Waals surface area (Å²) in [5.74, 6) is 1.91. The van der Waals surface area contributed by atoms with Gasteiger partial charge in [-0.1, -0.05) is 13.8 Å². The Bertz CT molecular complexity index is 351. The predicted octanol–water partition coefficient (Wildman–Crippen LogP) is 1.83. The van der Waals surface area contributed by atoms with E-state index in [1.54, 1.807) is 6.33 Å². The minimum Gasteiger partial charge on any atom is -0.370 e. The summed E-state index contributed by atoms with van der Waals surface area (Å²) in [6.07, 6.45) is 3.64. The van der Waals surface area contributed by atoms with Gasteiger partial charge < -0.3 is 15.5 Å². The molecule has 18 heavy (non-hydrogen) atoms. The molecule has 0 aliphatic carbocycles. The first-order valence-electron chi connectivity index (χ1n) is 6.65. The zero-order valence-corrected chi connectivity index (χ0v) is 12.0. The number of likely N-dealkylation sites (N-methyl/N-ethyl adjacent to an activating group) is 1. The number of rotatable bonds is 8. The number of hydrogen-bond acceptors (Lipinski definition) is 5. The van der Waals surface area contributed by atoms with Crippen LogP contribution in [-0.2, 0) is 6.42 Å². The number of aromatic nitrogens is 2. The highest BCUT2D eigenvalue weighted by Crippen LogP contribution is 2.20. The second kappa shape index (κ2) is 7.87. The number of anilines is 2. The molecule has 0 spiro atoms. The van der Waals surface area contributed by atoms with Crippen LogP contribution in [0, 0.1) is 0 Å². The van der Waals surface area contributed by atoms with E-state index in [0.717, 1.165) is 44.1 Å². The van der Waals surface area contributed by atoms with E-state index in [1.807, 2.05) is 0 Å². The molecule has 0 aromatic carbocycles. The fourth-order valence-electron chi connectivity index (χ4n) is 1.69. The molecular weight excluding hydrogens is 226 g/mol. The molecule has 5 heteroatoms. The van der Waals surface area contributed by atoms with E-state index in [1.165, 1.54) is 5.56 Å². The molecule has 2 N–H and O–H groups in total. The van der Waals surface area contributed by atoms with E-state index in [4.69, 9.17) is 0 Å². The Kier molecular flexibility index (Phi) is 6.43. The van der Waals surface area contributed by atoms with Gasteiger partial charge in [-0.3, -0.25) is 0 Å². The van der Waals surface area contributed by atoms with Crippen LogP contribution in [0.2, 0.25) is 0 Å². The quantitative estimate of drug-likeness (QED) is 0.738. The van der Waals surface area contributed by atoms with E-state index in [-0.39, 0.29) is 0 Å². The first-order chi connectivity index (χ1) is 8.69. The van der Waals surface area contributed by atoms with E-state index >= 15 is 0 Å². The largest absolute Gasteiger partial charge is 0.370 e. The summed E-state index contributed by atoms with van der Waals surface area (Å²) in [4.78, 5) is 10.8. The summed E-state index contributed by atoms with van der Waals surface area (Å²) in [7, 11) is 4.13. The fourth-order valence-corrected chi connectivity index (χ4v) is 1.69. The monoisotopic (exact) mass is 251 g/mol. The molecule has 0 aliphatic heterocycles. The van der Waals surface area contributed by atoms with Gasteiger partial charge in [0.25, 0.3) is 0 Å². The summed E-state index contributed by atoms with van der Waals surface area (Å²) in [5, 5.41) is 6.73. The Morgan fingerprint density at radius 3 is 2.17 bits per heavy atom. The van der Waals surface area contributed by atoms with Crippen LogP contribution in [0.25, 0.3) is 0 Å². The summed E-state index contributed by atoms with van der Waals surface area (Å²) in [6.45, 7) is 7.11. The molecule has 0 unspecified atom stereocenters. The van der Waals surface area contributed by atoms with Gasteiger partial charge in [0.05, 0.1) is 0 Å². The van der Waals surface area contributed by atoms with Crippen molar-refractivity contribution in [2.75, 3.05) is 44.4 Å². The SMILES string of the molecule is CCCNc1ncnc(NCCN(C)C)c1CC. The van der Waals surface area contributed by atoms with Gasteiger partial charge in [0, 0.05) is 25.2 Å². The molecule has 0 amide bonds. The maximum atomic E-state index is 4.33. The molecule has 0 saturated heterocycles. The standard InChI is InChI=1S/C13H25N5/c1-5-7-14-12-11(6-2)13(17-10-16-12)15-8-9-18(3)4/h10H,5-9H2,1-4H3,(H2,14,15,16,17). The van der Waals surface area contributed by atoms with Gasteiger partial charge >= 0.3 is 0 Å². The molecule has 1 aromatic rings. The van der Waals surface area contributed by atoms with Crippen LogP contribution in [0.3, 0.4) is 0 Å². The maximum Gasteiger partial charge on any atom is 0.134 e. The highest BCUT2D eigenvalue weighted by molar-refractivity contribution is 5.57. The Hall–Kier alpha value is -1.36. The summed E-state index contributed by atoms with van der Waals surface area (Å²) in [5.41, 5.74) is 1.17. The normalized spacial score (nSPS) is 10.7. The second-order valence-electron chi connectivity index (χ2n) is 4.56. The zero-order valence-electron chi connectivity index (χ0n) is 12.0.